The van der Waals surface area contributed by atoms with Gasteiger partial charge in [0.15, 0.2) is 5.15 Å². The first-order valence-corrected chi connectivity index (χ1v) is 32.5. The number of nitrogens with one attached hydrogen (secondary N) is 1. The highest BCUT2D eigenvalue weighted by Crippen LogP contribution is 2.39. The molecule has 20 nitrogen and oxygen atoms in total. The Morgan fingerprint density at radius 3 is 1.39 bits per heavy atom. The number of halogens is 9. The summed E-state index contributed by atoms with van der Waals surface area (Å²) in [6.07, 6.45) is 16.3. The number of rotatable bonds is 16. The molecule has 1 aliphatic heterocycles. The molecule has 2 aliphatic carbocycles. The maximum Gasteiger partial charge on any atom is 0.494 e. The summed E-state index contributed by atoms with van der Waals surface area (Å²) >= 11 is 34.4. The molecule has 0 radical (unpaired) electrons. The summed E-state index contributed by atoms with van der Waals surface area (Å²) in [5.74, 6) is -0.834. The Labute approximate surface area is 588 Å². The molecule has 1 saturated heterocycles. The average Bonchev–Trinajstić information content (AvgIpc) is 1.57. The minimum Gasteiger partial charge on any atom is -0.399 e. The maximum atomic E-state index is 14.9. The van der Waals surface area contributed by atoms with Crippen molar-refractivity contribution in [2.24, 2.45) is 16.2 Å². The molecule has 11 rings (SSSR count). The first kappa shape index (κ1) is 75.7. The molecule has 2 saturated carbocycles. The minimum absolute atomic E-state index is 0.0433. The first-order chi connectivity index (χ1) is 44.9. The van der Waals surface area contributed by atoms with Crippen LogP contribution < -0.4 is 31.2 Å². The van der Waals surface area contributed by atoms with Crippen LogP contribution in [0.5, 0.6) is 0 Å². The van der Waals surface area contributed by atoms with E-state index in [4.69, 9.17) is 95.2 Å². The predicted octanol–water partition coefficient (Wildman–Crippen LogP) is 16.1. The molecular formula is C66H74BCl6F3N18O2. The van der Waals surface area contributed by atoms with Crippen LogP contribution in [-0.4, -0.2) is 109 Å². The highest BCUT2D eigenvalue weighted by atomic mass is 35.5. The van der Waals surface area contributed by atoms with Gasteiger partial charge in [-0.1, -0.05) is 64.6 Å². The molecule has 5 aromatic heterocycles. The van der Waals surface area contributed by atoms with Crippen LogP contribution in [0.2, 0.25) is 30.8 Å². The van der Waals surface area contributed by atoms with Crippen molar-refractivity contribution in [2.75, 3.05) is 66.5 Å². The number of benzene rings is 3. The molecule has 3 fully saturated rings. The molecule has 0 atom stereocenters. The molecule has 0 amide bonds. The van der Waals surface area contributed by atoms with Crippen LogP contribution >= 0.6 is 69.6 Å². The van der Waals surface area contributed by atoms with Gasteiger partial charge in [-0.05, 0) is 160 Å². The van der Waals surface area contributed by atoms with Gasteiger partial charge in [0.2, 0.25) is 16.5 Å². The number of aromatic nitrogens is 10. The van der Waals surface area contributed by atoms with E-state index in [1.165, 1.54) is 49.6 Å². The zero-order valence-electron chi connectivity index (χ0n) is 55.4. The van der Waals surface area contributed by atoms with Gasteiger partial charge in [-0.2, -0.15) is 26.0 Å². The van der Waals surface area contributed by atoms with E-state index in [1.807, 2.05) is 83.2 Å². The lowest BCUT2D eigenvalue weighted by Gasteiger charge is -2.32. The van der Waals surface area contributed by atoms with Crippen molar-refractivity contribution >= 4 is 117 Å². The lowest BCUT2D eigenvalue weighted by atomic mass is 9.79. The molecule has 0 unspecified atom stereocenters. The molecule has 0 bridgehead atoms. The molecule has 30 heteroatoms. The lowest BCUT2D eigenvalue weighted by Crippen LogP contribution is -2.41. The number of nitrogen functional groups attached to an aromatic ring is 1. The normalized spacial score (nSPS) is 14.5. The van der Waals surface area contributed by atoms with E-state index in [2.05, 4.69) is 63.6 Å². The van der Waals surface area contributed by atoms with E-state index < -0.39 is 46.2 Å². The number of nitriles is 3. The third-order valence-corrected chi connectivity index (χ3v) is 17.0. The average molecular weight is 1430 g/mol. The number of hydrogen-bond acceptors (Lipinski definition) is 18. The van der Waals surface area contributed by atoms with Crippen LogP contribution in [0.1, 0.15) is 107 Å². The molecule has 0 spiro atoms. The van der Waals surface area contributed by atoms with Gasteiger partial charge in [0, 0.05) is 64.3 Å². The van der Waals surface area contributed by atoms with Crippen molar-refractivity contribution in [3.8, 4) is 40.7 Å². The molecular weight excluding hydrogens is 1360 g/mol. The Kier molecular flexibility index (Phi) is 25.0. The van der Waals surface area contributed by atoms with E-state index in [-0.39, 0.29) is 21.5 Å². The summed E-state index contributed by atoms with van der Waals surface area (Å²) in [7, 11) is 4.70. The van der Waals surface area contributed by atoms with Crippen LogP contribution in [0, 0.1) is 67.7 Å². The molecule has 8 aromatic rings. The van der Waals surface area contributed by atoms with Gasteiger partial charge >= 0.3 is 7.12 Å². The van der Waals surface area contributed by atoms with E-state index >= 15 is 0 Å². The van der Waals surface area contributed by atoms with Crippen molar-refractivity contribution in [1.29, 1.82) is 15.8 Å². The SMILES string of the molecule is CN(CC(C)(C)C#N)c1ccc(-c2nc(Cl)ncc2Cl)cc1F.CN(CC(C)(C)C#N)c1ccc(-c2nc(Nc3cnn(C4CC4)c3)ncc2Cl)cc1F.CN(CC(C)(C)C#N)c1ccc(B2OC(C)(C)C(C)(C)O2)cc1F.Clc1ncc(Cl)c(Cl)n1.Nc1cnn(C2CC2)c1. The third kappa shape index (κ3) is 20.9. The van der Waals surface area contributed by atoms with Gasteiger partial charge in [0.05, 0.1) is 144 Å². The van der Waals surface area contributed by atoms with Gasteiger partial charge in [-0.3, -0.25) is 9.36 Å². The highest BCUT2D eigenvalue weighted by molar-refractivity contribution is 6.62. The Hall–Kier alpha value is -7.70. The first-order valence-electron chi connectivity index (χ1n) is 30.2. The summed E-state index contributed by atoms with van der Waals surface area (Å²) in [6.45, 7) is 20.0. The van der Waals surface area contributed by atoms with Crippen molar-refractivity contribution in [3.05, 3.63) is 146 Å². The fourth-order valence-electron chi connectivity index (χ4n) is 9.49. The van der Waals surface area contributed by atoms with Crippen LogP contribution in [0.4, 0.5) is 47.6 Å². The third-order valence-electron chi connectivity index (χ3n) is 15.4. The zero-order valence-corrected chi connectivity index (χ0v) is 59.9. The fraction of sp³-hybridized carbons (Fsp3) is 0.409. The zero-order chi connectivity index (χ0) is 70.8. The Morgan fingerprint density at radius 2 is 0.979 bits per heavy atom. The molecule has 506 valence electrons. The van der Waals surface area contributed by atoms with Crippen LogP contribution in [0.15, 0.2) is 98.0 Å². The minimum atomic E-state index is -0.594. The van der Waals surface area contributed by atoms with Crippen molar-refractivity contribution in [2.45, 2.75) is 118 Å². The van der Waals surface area contributed by atoms with E-state index in [0.29, 0.717) is 97.8 Å². The van der Waals surface area contributed by atoms with E-state index in [0.717, 1.165) is 24.2 Å². The van der Waals surface area contributed by atoms with E-state index in [1.54, 1.807) is 92.4 Å². The van der Waals surface area contributed by atoms with Crippen molar-refractivity contribution in [3.63, 3.8) is 0 Å². The standard InChI is InChI=1S/C22H23ClFN7.C18H26BFN2O2.C16H15Cl2FN4.C6H9N3.C4HCl3N2/c1-22(2,12-25)13-30(3)19-7-4-14(8-18(19)24)20-17(23)10-26-21(29-20)28-15-9-27-31(11-15)16-5-6-16;1-16(2,11-21)12-22(7)15-9-8-13(10-14(15)20)19-23-17(3,4)18(5,6)24-19;1-16(2,8-20)9-23(3)13-5-4-10(6-12(13)19)14-11(17)7-21-15(18)22-14;7-5-3-8-9(4-5)6-1-2-6;5-2-1-8-4(7)9-3(2)6/h4,7-11,16H,5-6,13H2,1-3H3,(H,26,28,29);8-10H,12H2,1-7H3;4-7H,9H2,1-3H3;3-4,6H,1-2,7H2;1H. The molecule has 96 heavy (non-hydrogen) atoms. The van der Waals surface area contributed by atoms with E-state index in [9.17, 15) is 18.4 Å². The summed E-state index contributed by atoms with van der Waals surface area (Å²) < 4.78 is 59.7. The Balaban J connectivity index is 0.000000181. The molecule has 3 aromatic carbocycles. The van der Waals surface area contributed by atoms with Gasteiger partial charge in [-0.25, -0.2) is 43.1 Å². The largest absolute Gasteiger partial charge is 0.494 e. The summed E-state index contributed by atoms with van der Waals surface area (Å²) in [5.41, 5.74) is 8.13. The fourth-order valence-corrected chi connectivity index (χ4v) is 10.4. The quantitative estimate of drug-likeness (QED) is 0.0518. The topological polar surface area (TPSA) is 251 Å². The Morgan fingerprint density at radius 1 is 0.573 bits per heavy atom. The van der Waals surface area contributed by atoms with Crippen molar-refractivity contribution in [1.82, 2.24) is 49.5 Å². The van der Waals surface area contributed by atoms with Crippen LogP contribution in [0.25, 0.3) is 22.5 Å². The van der Waals surface area contributed by atoms with Gasteiger partial charge in [0.25, 0.3) is 0 Å². The smallest absolute Gasteiger partial charge is 0.399 e. The highest BCUT2D eigenvalue weighted by Gasteiger charge is 2.52. The van der Waals surface area contributed by atoms with Crippen molar-refractivity contribution < 1.29 is 22.5 Å². The summed E-state index contributed by atoms with van der Waals surface area (Å²) in [4.78, 5) is 28.8. The lowest BCUT2D eigenvalue weighted by molar-refractivity contribution is 0.00578. The van der Waals surface area contributed by atoms with Crippen LogP contribution in [-0.2, 0) is 9.31 Å². The Bertz CT molecular complexity index is 4150. The predicted molar refractivity (Wildman–Crippen MR) is 376 cm³/mol. The summed E-state index contributed by atoms with van der Waals surface area (Å²) in [6, 6.07) is 22.3. The molecule has 3 aliphatic rings. The number of nitrogens with two attached hydrogens (primary N) is 1. The summed E-state index contributed by atoms with van der Waals surface area (Å²) in [5, 5.41) is 40.3. The molecule has 3 N–H and O–H groups in total. The van der Waals surface area contributed by atoms with Gasteiger partial charge in [-0.15, -0.1) is 0 Å². The monoisotopic (exact) mass is 1430 g/mol. The molecule has 6 heterocycles. The number of nitrogens with zero attached hydrogens (tertiary/aromatic N) is 16. The second-order valence-corrected chi connectivity index (χ2v) is 28.5. The number of anilines is 6. The number of hydrogen-bond donors (Lipinski definition) is 2. The second kappa shape index (κ2) is 31.7. The maximum absolute atomic E-state index is 14.9. The second-order valence-electron chi connectivity index (χ2n) is 26.2. The van der Waals surface area contributed by atoms with Crippen LogP contribution in [0.3, 0.4) is 0 Å². The van der Waals surface area contributed by atoms with Gasteiger partial charge in [0.1, 0.15) is 17.5 Å². The van der Waals surface area contributed by atoms with Gasteiger partial charge < -0.3 is 35.1 Å².